The molecule has 20 heavy (non-hydrogen) atoms. The molecule has 0 fully saturated rings. The summed E-state index contributed by atoms with van der Waals surface area (Å²) in [7, 11) is 1.48. The van der Waals surface area contributed by atoms with Crippen molar-refractivity contribution >= 4 is 18.0 Å². The first-order valence-electron chi connectivity index (χ1n) is 6.32. The molecule has 0 saturated carbocycles. The van der Waals surface area contributed by atoms with Crippen LogP contribution in [-0.2, 0) is 19.1 Å². The van der Waals surface area contributed by atoms with Crippen LogP contribution in [-0.4, -0.2) is 67.4 Å². The summed E-state index contributed by atoms with van der Waals surface area (Å²) in [5.74, 6) is -1.53. The van der Waals surface area contributed by atoms with Gasteiger partial charge in [0.15, 0.2) is 0 Å². The van der Waals surface area contributed by atoms with E-state index in [1.165, 1.54) is 12.0 Å². The first-order valence-corrected chi connectivity index (χ1v) is 6.32. The summed E-state index contributed by atoms with van der Waals surface area (Å²) in [6.45, 7) is 3.75. The second kappa shape index (κ2) is 10.0. The van der Waals surface area contributed by atoms with Gasteiger partial charge in [0.05, 0.1) is 19.6 Å². The number of methoxy groups -OCH3 is 1. The maximum Gasteiger partial charge on any atom is 0.325 e. The number of carboxylic acids is 1. The molecule has 8 nitrogen and oxygen atoms in total. The van der Waals surface area contributed by atoms with E-state index in [-0.39, 0.29) is 32.7 Å². The summed E-state index contributed by atoms with van der Waals surface area (Å²) in [5, 5.41) is 11.1. The van der Waals surface area contributed by atoms with Crippen LogP contribution in [0.2, 0.25) is 0 Å². The molecular formula is C12H22N2O6. The van der Waals surface area contributed by atoms with E-state index in [0.717, 1.165) is 0 Å². The molecule has 0 aliphatic carbocycles. The van der Waals surface area contributed by atoms with E-state index >= 15 is 0 Å². The van der Waals surface area contributed by atoms with Gasteiger partial charge in [-0.05, 0) is 13.8 Å². The van der Waals surface area contributed by atoms with E-state index in [0.29, 0.717) is 0 Å². The second-order valence-corrected chi connectivity index (χ2v) is 4.17. The third kappa shape index (κ3) is 8.30. The van der Waals surface area contributed by atoms with Crippen LogP contribution in [0.5, 0.6) is 0 Å². The molecular weight excluding hydrogens is 268 g/mol. The average molecular weight is 290 g/mol. The zero-order valence-electron chi connectivity index (χ0n) is 12.0. The number of hydrogen-bond donors (Lipinski definition) is 2. The molecule has 0 aliphatic heterocycles. The monoisotopic (exact) mass is 290 g/mol. The average Bonchev–Trinajstić information content (AvgIpc) is 2.33. The SMILES string of the molecule is CCOC(=O)CN(CCOC)C(=O)NC(C)CC(=O)O. The Morgan fingerprint density at radius 2 is 2.00 bits per heavy atom. The highest BCUT2D eigenvalue weighted by molar-refractivity contribution is 5.81. The fourth-order valence-corrected chi connectivity index (χ4v) is 1.43. The third-order valence-electron chi connectivity index (χ3n) is 2.33. The van der Waals surface area contributed by atoms with Gasteiger partial charge in [0.1, 0.15) is 6.54 Å². The summed E-state index contributed by atoms with van der Waals surface area (Å²) >= 11 is 0. The van der Waals surface area contributed by atoms with E-state index in [1.54, 1.807) is 13.8 Å². The number of nitrogens with zero attached hydrogens (tertiary/aromatic N) is 1. The Balaban J connectivity index is 4.46. The molecule has 8 heteroatoms. The molecule has 1 atom stereocenters. The van der Waals surface area contributed by atoms with Crippen molar-refractivity contribution in [3.8, 4) is 0 Å². The van der Waals surface area contributed by atoms with Crippen molar-refractivity contribution in [2.75, 3.05) is 33.4 Å². The Hall–Kier alpha value is -1.83. The van der Waals surface area contributed by atoms with E-state index in [9.17, 15) is 14.4 Å². The number of esters is 1. The molecule has 0 heterocycles. The summed E-state index contributed by atoms with van der Waals surface area (Å²) < 4.78 is 9.64. The van der Waals surface area contributed by atoms with Gasteiger partial charge in [-0.1, -0.05) is 0 Å². The third-order valence-corrected chi connectivity index (χ3v) is 2.33. The molecule has 2 N–H and O–H groups in total. The van der Waals surface area contributed by atoms with E-state index in [1.807, 2.05) is 0 Å². The minimum Gasteiger partial charge on any atom is -0.481 e. The molecule has 0 aromatic carbocycles. The number of rotatable bonds is 9. The molecule has 0 spiro atoms. The normalized spacial score (nSPS) is 11.6. The van der Waals surface area contributed by atoms with Gasteiger partial charge in [-0.3, -0.25) is 9.59 Å². The summed E-state index contributed by atoms with van der Waals surface area (Å²) in [5.41, 5.74) is 0. The smallest absolute Gasteiger partial charge is 0.325 e. The first kappa shape index (κ1) is 18.2. The molecule has 0 radical (unpaired) electrons. The molecule has 0 bridgehead atoms. The van der Waals surface area contributed by atoms with Crippen LogP contribution >= 0.6 is 0 Å². The van der Waals surface area contributed by atoms with Gasteiger partial charge in [0.25, 0.3) is 0 Å². The Kier molecular flexibility index (Phi) is 9.10. The number of carbonyl (C=O) groups is 3. The second-order valence-electron chi connectivity index (χ2n) is 4.17. The quantitative estimate of drug-likeness (QED) is 0.582. The summed E-state index contributed by atoms with van der Waals surface area (Å²) in [6.07, 6.45) is -0.191. The van der Waals surface area contributed by atoms with Crippen LogP contribution in [0.25, 0.3) is 0 Å². The highest BCUT2D eigenvalue weighted by atomic mass is 16.5. The Morgan fingerprint density at radius 3 is 2.50 bits per heavy atom. The minimum absolute atomic E-state index is 0.191. The van der Waals surface area contributed by atoms with E-state index in [2.05, 4.69) is 5.32 Å². The fraction of sp³-hybridized carbons (Fsp3) is 0.750. The highest BCUT2D eigenvalue weighted by Crippen LogP contribution is 1.97. The van der Waals surface area contributed by atoms with Gasteiger partial charge in [-0.2, -0.15) is 0 Å². The molecule has 2 amide bonds. The molecule has 1 unspecified atom stereocenters. The number of carboxylic acid groups (broad SMARTS) is 1. The zero-order valence-corrected chi connectivity index (χ0v) is 12.0. The van der Waals surface area contributed by atoms with Crippen LogP contribution in [0.1, 0.15) is 20.3 Å². The van der Waals surface area contributed by atoms with Gasteiger partial charge in [0, 0.05) is 19.7 Å². The predicted octanol–water partition coefficient (Wildman–Crippen LogP) is 0.0707. The summed E-state index contributed by atoms with van der Waals surface area (Å²) in [6, 6.07) is -1.06. The first-order chi connectivity index (χ1) is 9.40. The maximum atomic E-state index is 11.9. The number of nitrogens with one attached hydrogen (secondary N) is 1. The number of urea groups is 1. The van der Waals surface area contributed by atoms with Crippen molar-refractivity contribution in [2.24, 2.45) is 0 Å². The Labute approximate surface area is 118 Å². The van der Waals surface area contributed by atoms with Gasteiger partial charge in [-0.25, -0.2) is 4.79 Å². The van der Waals surface area contributed by atoms with E-state index in [4.69, 9.17) is 14.6 Å². The minimum atomic E-state index is -1.01. The lowest BCUT2D eigenvalue weighted by atomic mass is 10.2. The topological polar surface area (TPSA) is 105 Å². The van der Waals surface area contributed by atoms with Crippen LogP contribution in [0, 0.1) is 0 Å². The molecule has 0 aromatic rings. The summed E-state index contributed by atoms with van der Waals surface area (Å²) in [4.78, 5) is 35.1. The number of amides is 2. The van der Waals surface area contributed by atoms with Crippen LogP contribution < -0.4 is 5.32 Å². The van der Waals surface area contributed by atoms with Gasteiger partial charge in [0.2, 0.25) is 0 Å². The molecule has 0 rings (SSSR count). The number of carbonyl (C=O) groups excluding carboxylic acids is 2. The number of ether oxygens (including phenoxy) is 2. The van der Waals surface area contributed by atoms with Crippen molar-refractivity contribution in [2.45, 2.75) is 26.3 Å². The number of hydrogen-bond acceptors (Lipinski definition) is 5. The van der Waals surface area contributed by atoms with Crippen molar-refractivity contribution < 1.29 is 29.0 Å². The predicted molar refractivity (Wildman–Crippen MR) is 70.3 cm³/mol. The van der Waals surface area contributed by atoms with Crippen molar-refractivity contribution in [1.29, 1.82) is 0 Å². The molecule has 0 saturated heterocycles. The van der Waals surface area contributed by atoms with Crippen LogP contribution in [0.15, 0.2) is 0 Å². The highest BCUT2D eigenvalue weighted by Gasteiger charge is 2.20. The van der Waals surface area contributed by atoms with Gasteiger partial charge < -0.3 is 24.8 Å². The van der Waals surface area contributed by atoms with Crippen LogP contribution in [0.3, 0.4) is 0 Å². The zero-order chi connectivity index (χ0) is 15.5. The largest absolute Gasteiger partial charge is 0.481 e. The van der Waals surface area contributed by atoms with Crippen molar-refractivity contribution in [1.82, 2.24) is 10.2 Å². The van der Waals surface area contributed by atoms with Crippen molar-refractivity contribution in [3.05, 3.63) is 0 Å². The van der Waals surface area contributed by atoms with Crippen LogP contribution in [0.4, 0.5) is 4.79 Å². The number of aliphatic carboxylic acids is 1. The lowest BCUT2D eigenvalue weighted by Gasteiger charge is -2.23. The van der Waals surface area contributed by atoms with Crippen molar-refractivity contribution in [3.63, 3.8) is 0 Å². The maximum absolute atomic E-state index is 11.9. The lowest BCUT2D eigenvalue weighted by molar-refractivity contribution is -0.144. The van der Waals surface area contributed by atoms with E-state index < -0.39 is 24.0 Å². The lowest BCUT2D eigenvalue weighted by Crippen LogP contribution is -2.47. The fourth-order valence-electron chi connectivity index (χ4n) is 1.43. The Bertz CT molecular complexity index is 334. The molecule has 0 aliphatic rings. The standard InChI is InChI=1S/C12H22N2O6/c1-4-20-11(17)8-14(5-6-19-3)12(18)13-9(2)7-10(15)16/h9H,4-8H2,1-3H3,(H,13,18)(H,15,16). The Morgan fingerprint density at radius 1 is 1.35 bits per heavy atom. The molecule has 0 aromatic heterocycles. The van der Waals surface area contributed by atoms with Gasteiger partial charge >= 0.3 is 18.0 Å². The van der Waals surface area contributed by atoms with Gasteiger partial charge in [-0.15, -0.1) is 0 Å². The molecule has 116 valence electrons.